The van der Waals surface area contributed by atoms with Gasteiger partial charge in [0.2, 0.25) is 5.91 Å². The molecule has 1 aromatic rings. The van der Waals surface area contributed by atoms with Crippen molar-refractivity contribution in [2.24, 2.45) is 0 Å². The number of rotatable bonds is 4. The number of nitrogens with one attached hydrogen (secondary N) is 3. The Morgan fingerprint density at radius 3 is 2.36 bits per heavy atom. The Bertz CT molecular complexity index is 605. The van der Waals surface area contributed by atoms with Crippen molar-refractivity contribution in [3.05, 3.63) is 34.9 Å². The van der Waals surface area contributed by atoms with E-state index in [1.807, 2.05) is 12.1 Å². The van der Waals surface area contributed by atoms with Gasteiger partial charge in [-0.05, 0) is 64.4 Å². The zero-order valence-corrected chi connectivity index (χ0v) is 15.7. The van der Waals surface area contributed by atoms with E-state index in [1.165, 1.54) is 0 Å². The van der Waals surface area contributed by atoms with Crippen molar-refractivity contribution < 1.29 is 14.3 Å². The molecular weight excluding hydrogens is 342 g/mol. The molecule has 2 amide bonds. The number of piperidine rings is 1. The quantitative estimate of drug-likeness (QED) is 0.764. The van der Waals surface area contributed by atoms with Gasteiger partial charge in [0.05, 0.1) is 0 Å². The van der Waals surface area contributed by atoms with Crippen LogP contribution in [0.4, 0.5) is 4.79 Å². The van der Waals surface area contributed by atoms with Gasteiger partial charge in [0.1, 0.15) is 11.1 Å². The van der Waals surface area contributed by atoms with Gasteiger partial charge in [-0.2, -0.15) is 0 Å². The van der Waals surface area contributed by atoms with Crippen LogP contribution in [0.15, 0.2) is 24.3 Å². The second-order valence-corrected chi connectivity index (χ2v) is 7.70. The molecular formula is C18H26ClN3O3. The number of ether oxygens (including phenoxy) is 1. The Hall–Kier alpha value is -1.79. The standard InChI is InChI=1S/C18H26ClN3O3/c1-17(2,3)25-16(24)22-18(8-10-20-11-9-18)15(23)21-12-13-4-6-14(19)7-5-13/h4-7,20H,8-12H2,1-3H3,(H,21,23)(H,22,24). The maximum atomic E-state index is 12.8. The lowest BCUT2D eigenvalue weighted by Crippen LogP contribution is -2.63. The molecule has 3 N–H and O–H groups in total. The van der Waals surface area contributed by atoms with Gasteiger partial charge in [-0.15, -0.1) is 0 Å². The molecule has 6 nitrogen and oxygen atoms in total. The van der Waals surface area contributed by atoms with Crippen LogP contribution >= 0.6 is 11.6 Å². The largest absolute Gasteiger partial charge is 0.444 e. The van der Waals surface area contributed by atoms with E-state index >= 15 is 0 Å². The molecule has 1 heterocycles. The summed E-state index contributed by atoms with van der Waals surface area (Å²) in [6.07, 6.45) is 0.452. The first kappa shape index (κ1) is 19.5. The van der Waals surface area contributed by atoms with Crippen molar-refractivity contribution >= 4 is 23.6 Å². The molecule has 1 aliphatic heterocycles. The van der Waals surface area contributed by atoms with E-state index in [0.717, 1.165) is 5.56 Å². The molecule has 1 aliphatic rings. The van der Waals surface area contributed by atoms with Crippen LogP contribution in [0.25, 0.3) is 0 Å². The second-order valence-electron chi connectivity index (χ2n) is 7.27. The zero-order valence-electron chi connectivity index (χ0n) is 14.9. The minimum absolute atomic E-state index is 0.199. The Morgan fingerprint density at radius 2 is 1.80 bits per heavy atom. The maximum absolute atomic E-state index is 12.8. The number of amides is 2. The molecule has 0 unspecified atom stereocenters. The third kappa shape index (κ3) is 5.90. The zero-order chi connectivity index (χ0) is 18.5. The smallest absolute Gasteiger partial charge is 0.408 e. The summed E-state index contributed by atoms with van der Waals surface area (Å²) in [5.41, 5.74) is -0.628. The fraction of sp³-hybridized carbons (Fsp3) is 0.556. The first-order chi connectivity index (χ1) is 11.7. The normalized spacial score (nSPS) is 16.8. The van der Waals surface area contributed by atoms with Crippen LogP contribution in [0, 0.1) is 0 Å². The predicted molar refractivity (Wildman–Crippen MR) is 97.5 cm³/mol. The lowest BCUT2D eigenvalue weighted by molar-refractivity contribution is -0.129. The van der Waals surface area contributed by atoms with Crippen LogP contribution in [-0.2, 0) is 16.1 Å². The van der Waals surface area contributed by atoms with Crippen molar-refractivity contribution in [1.82, 2.24) is 16.0 Å². The van der Waals surface area contributed by atoms with Gasteiger partial charge in [0.15, 0.2) is 0 Å². The highest BCUT2D eigenvalue weighted by Crippen LogP contribution is 2.20. The molecule has 0 atom stereocenters. The fourth-order valence-electron chi connectivity index (χ4n) is 2.72. The fourth-order valence-corrected chi connectivity index (χ4v) is 2.84. The van der Waals surface area contributed by atoms with Crippen molar-refractivity contribution in [3.63, 3.8) is 0 Å². The minimum Gasteiger partial charge on any atom is -0.444 e. The lowest BCUT2D eigenvalue weighted by atomic mass is 9.87. The molecule has 2 rings (SSSR count). The predicted octanol–water partition coefficient (Wildman–Crippen LogP) is 2.60. The highest BCUT2D eigenvalue weighted by atomic mass is 35.5. The van der Waals surface area contributed by atoms with E-state index in [0.29, 0.717) is 37.5 Å². The summed E-state index contributed by atoms with van der Waals surface area (Å²) in [4.78, 5) is 25.0. The number of halogens is 1. The van der Waals surface area contributed by atoms with Gasteiger partial charge in [0, 0.05) is 11.6 Å². The summed E-state index contributed by atoms with van der Waals surface area (Å²) in [7, 11) is 0. The van der Waals surface area contributed by atoms with Gasteiger partial charge >= 0.3 is 6.09 Å². The van der Waals surface area contributed by atoms with Gasteiger partial charge in [-0.1, -0.05) is 23.7 Å². The summed E-state index contributed by atoms with van der Waals surface area (Å²) in [6.45, 7) is 7.07. The summed E-state index contributed by atoms with van der Waals surface area (Å²) >= 11 is 5.87. The SMILES string of the molecule is CC(C)(C)OC(=O)NC1(C(=O)NCc2ccc(Cl)cc2)CCNCC1. The molecule has 0 spiro atoms. The number of hydrogen-bond acceptors (Lipinski definition) is 4. The van der Waals surface area contributed by atoms with E-state index in [1.54, 1.807) is 32.9 Å². The van der Waals surface area contributed by atoms with Crippen LogP contribution in [0.2, 0.25) is 5.02 Å². The van der Waals surface area contributed by atoms with Crippen LogP contribution in [0.1, 0.15) is 39.2 Å². The van der Waals surface area contributed by atoms with Crippen molar-refractivity contribution in [3.8, 4) is 0 Å². The average Bonchev–Trinajstić information content (AvgIpc) is 2.53. The molecule has 0 radical (unpaired) electrons. The Labute approximate surface area is 153 Å². The number of carbonyl (C=O) groups is 2. The lowest BCUT2D eigenvalue weighted by Gasteiger charge is -2.37. The highest BCUT2D eigenvalue weighted by Gasteiger charge is 2.41. The Kier molecular flexibility index (Phi) is 6.30. The third-order valence-corrected chi connectivity index (χ3v) is 4.25. The maximum Gasteiger partial charge on any atom is 0.408 e. The molecule has 1 fully saturated rings. The topological polar surface area (TPSA) is 79.5 Å². The second kappa shape index (κ2) is 8.06. The monoisotopic (exact) mass is 367 g/mol. The molecule has 0 saturated carbocycles. The van der Waals surface area contributed by atoms with Crippen LogP contribution < -0.4 is 16.0 Å². The van der Waals surface area contributed by atoms with Crippen LogP contribution in [0.3, 0.4) is 0 Å². The van der Waals surface area contributed by atoms with Gasteiger partial charge in [-0.25, -0.2) is 4.79 Å². The molecule has 138 valence electrons. The van der Waals surface area contributed by atoms with Gasteiger partial charge < -0.3 is 20.7 Å². The Morgan fingerprint density at radius 1 is 1.20 bits per heavy atom. The van der Waals surface area contributed by atoms with Crippen molar-refractivity contribution in [2.75, 3.05) is 13.1 Å². The van der Waals surface area contributed by atoms with E-state index in [-0.39, 0.29) is 5.91 Å². The number of carbonyl (C=O) groups excluding carboxylic acids is 2. The molecule has 7 heteroatoms. The summed E-state index contributed by atoms with van der Waals surface area (Å²) in [6, 6.07) is 7.28. The molecule has 0 aromatic heterocycles. The van der Waals surface area contributed by atoms with Crippen LogP contribution in [-0.4, -0.2) is 36.2 Å². The summed E-state index contributed by atoms with van der Waals surface area (Å²) < 4.78 is 5.33. The van der Waals surface area contributed by atoms with E-state index < -0.39 is 17.2 Å². The third-order valence-electron chi connectivity index (χ3n) is 4.00. The van der Waals surface area contributed by atoms with E-state index in [4.69, 9.17) is 16.3 Å². The molecule has 25 heavy (non-hydrogen) atoms. The number of benzene rings is 1. The number of hydrogen-bond donors (Lipinski definition) is 3. The minimum atomic E-state index is -0.958. The average molecular weight is 368 g/mol. The Balaban J connectivity index is 2.03. The number of alkyl carbamates (subject to hydrolysis) is 1. The van der Waals surface area contributed by atoms with Gasteiger partial charge in [-0.3, -0.25) is 4.79 Å². The van der Waals surface area contributed by atoms with E-state index in [9.17, 15) is 9.59 Å². The molecule has 0 bridgehead atoms. The highest BCUT2D eigenvalue weighted by molar-refractivity contribution is 6.30. The first-order valence-electron chi connectivity index (χ1n) is 8.45. The summed E-state index contributed by atoms with van der Waals surface area (Å²) in [5.74, 6) is -0.199. The van der Waals surface area contributed by atoms with Crippen molar-refractivity contribution in [2.45, 2.75) is 51.3 Å². The van der Waals surface area contributed by atoms with Crippen LogP contribution in [0.5, 0.6) is 0 Å². The molecule has 0 aliphatic carbocycles. The molecule has 1 saturated heterocycles. The van der Waals surface area contributed by atoms with E-state index in [2.05, 4.69) is 16.0 Å². The first-order valence-corrected chi connectivity index (χ1v) is 8.83. The molecule has 1 aromatic carbocycles. The van der Waals surface area contributed by atoms with Crippen molar-refractivity contribution in [1.29, 1.82) is 0 Å². The summed E-state index contributed by atoms with van der Waals surface area (Å²) in [5, 5.41) is 9.58. The van der Waals surface area contributed by atoms with Gasteiger partial charge in [0.25, 0.3) is 0 Å².